The van der Waals surface area contributed by atoms with E-state index in [4.69, 9.17) is 14.2 Å². The van der Waals surface area contributed by atoms with E-state index in [1.807, 2.05) is 6.92 Å². The van der Waals surface area contributed by atoms with E-state index in [0.717, 1.165) is 0 Å². The summed E-state index contributed by atoms with van der Waals surface area (Å²) < 4.78 is 25.3. The second kappa shape index (κ2) is 10.4. The van der Waals surface area contributed by atoms with Crippen LogP contribution in [-0.2, 0) is 9.47 Å². The van der Waals surface area contributed by atoms with Crippen LogP contribution in [-0.4, -0.2) is 48.1 Å². The summed E-state index contributed by atoms with van der Waals surface area (Å²) in [4.78, 5) is 10.8. The molecule has 0 radical (unpaired) electrons. The first-order chi connectivity index (χ1) is 10.00. The molecule has 6 nitrogen and oxygen atoms in total. The van der Waals surface area contributed by atoms with E-state index in [0.29, 0.717) is 33.6 Å². The number of rotatable bonds is 6. The largest absolute Gasteiger partial charge is 0.493 e. The van der Waals surface area contributed by atoms with Crippen LogP contribution in [0.15, 0.2) is 10.5 Å². The van der Waals surface area contributed by atoms with Gasteiger partial charge in [0.25, 0.3) is 0 Å². The van der Waals surface area contributed by atoms with Gasteiger partial charge in [-0.25, -0.2) is 0 Å². The van der Waals surface area contributed by atoms with Gasteiger partial charge in [0.1, 0.15) is 0 Å². The monoisotopic (exact) mass is 364 g/mol. The van der Waals surface area contributed by atoms with E-state index >= 15 is 0 Å². The molecule has 1 rings (SSSR count). The maximum absolute atomic E-state index is 10.8. The van der Waals surface area contributed by atoms with E-state index in [1.165, 1.54) is 21.3 Å². The van der Waals surface area contributed by atoms with Crippen molar-refractivity contribution < 1.29 is 28.5 Å². The quantitative estimate of drug-likeness (QED) is 0.571. The van der Waals surface area contributed by atoms with Gasteiger partial charge in [0.05, 0.1) is 25.8 Å². The molecule has 0 aliphatic carbocycles. The molecule has 0 fully saturated rings. The smallest absolute Gasteiger partial charge is 0.204 e. The van der Waals surface area contributed by atoms with Crippen molar-refractivity contribution in [3.05, 3.63) is 16.1 Å². The van der Waals surface area contributed by atoms with Crippen molar-refractivity contribution in [2.45, 2.75) is 13.2 Å². The fourth-order valence-corrected chi connectivity index (χ4v) is 1.87. The summed E-state index contributed by atoms with van der Waals surface area (Å²) in [5.74, 6) is 1.36. The Morgan fingerprint density at radius 2 is 1.52 bits per heavy atom. The maximum atomic E-state index is 10.8. The Morgan fingerprint density at radius 3 is 1.81 bits per heavy atom. The number of halogens is 1. The number of carbonyl (C=O) groups excluding carboxylic acids is 1. The van der Waals surface area contributed by atoms with Crippen molar-refractivity contribution in [3.63, 3.8) is 0 Å². The predicted octanol–water partition coefficient (Wildman–Crippen LogP) is 2.91. The molecule has 0 atom stereocenters. The molecule has 0 spiro atoms. The lowest BCUT2D eigenvalue weighted by Crippen LogP contribution is -2.05. The van der Waals surface area contributed by atoms with Crippen LogP contribution in [0, 0.1) is 0 Å². The Labute approximate surface area is 133 Å². The first kappa shape index (κ1) is 19.7. The van der Waals surface area contributed by atoms with Gasteiger partial charge < -0.3 is 23.7 Å². The van der Waals surface area contributed by atoms with Crippen molar-refractivity contribution in [3.8, 4) is 17.2 Å². The molecule has 0 saturated carbocycles. The van der Waals surface area contributed by atoms with Crippen LogP contribution in [0.25, 0.3) is 0 Å². The number of benzene rings is 1. The van der Waals surface area contributed by atoms with E-state index in [9.17, 15) is 4.79 Å². The fraction of sp³-hybridized carbons (Fsp3) is 0.500. The molecule has 0 N–H and O–H groups in total. The van der Waals surface area contributed by atoms with Crippen molar-refractivity contribution in [2.75, 3.05) is 35.5 Å². The third-order valence-electron chi connectivity index (χ3n) is 2.59. The summed E-state index contributed by atoms with van der Waals surface area (Å²) in [6.07, 6.45) is 0.652. The minimum Gasteiger partial charge on any atom is -0.493 e. The van der Waals surface area contributed by atoms with Crippen LogP contribution >= 0.6 is 15.9 Å². The highest BCUT2D eigenvalue weighted by atomic mass is 79.9. The third kappa shape index (κ3) is 5.53. The normalized spacial score (nSPS) is 9.71. The van der Waals surface area contributed by atoms with Gasteiger partial charge in [-0.15, -0.1) is 0 Å². The summed E-state index contributed by atoms with van der Waals surface area (Å²) in [5.41, 5.74) is 0.449. The average molecular weight is 365 g/mol. The molecule has 7 heteroatoms. The molecular formula is C14H21BrO6. The molecule has 0 aliphatic rings. The summed E-state index contributed by atoms with van der Waals surface area (Å²) >= 11 is 3.26. The highest BCUT2D eigenvalue weighted by Crippen LogP contribution is 2.44. The average Bonchev–Trinajstić information content (AvgIpc) is 2.53. The topological polar surface area (TPSA) is 63.2 Å². The lowest BCUT2D eigenvalue weighted by atomic mass is 10.2. The molecule has 0 bridgehead atoms. The molecule has 0 heterocycles. The zero-order valence-corrected chi connectivity index (χ0v) is 14.6. The van der Waals surface area contributed by atoms with Gasteiger partial charge in [0.15, 0.2) is 24.1 Å². The SMILES string of the molecule is COC(C)OC.COc1cc(C=O)c(Br)c(OC)c1OC. The standard InChI is InChI=1S/C10H11BrO4.C4H10O2/c1-13-7-4-6(5-12)8(11)10(15-3)9(7)14-2;1-4(5-2)6-3/h4-5H,1-3H3;4H,1-3H3. The van der Waals surface area contributed by atoms with Crippen LogP contribution in [0.3, 0.4) is 0 Å². The number of hydrogen-bond acceptors (Lipinski definition) is 6. The molecule has 0 amide bonds. The number of aldehydes is 1. The lowest BCUT2D eigenvalue weighted by molar-refractivity contribution is -0.0877. The van der Waals surface area contributed by atoms with Crippen LogP contribution in [0.1, 0.15) is 17.3 Å². The Bertz CT molecular complexity index is 446. The summed E-state index contributed by atoms with van der Waals surface area (Å²) in [6, 6.07) is 1.58. The maximum Gasteiger partial charge on any atom is 0.204 e. The summed E-state index contributed by atoms with van der Waals surface area (Å²) in [7, 11) is 7.71. The van der Waals surface area contributed by atoms with Gasteiger partial charge >= 0.3 is 0 Å². The van der Waals surface area contributed by atoms with Gasteiger partial charge in [-0.2, -0.15) is 0 Å². The van der Waals surface area contributed by atoms with Crippen molar-refractivity contribution in [2.24, 2.45) is 0 Å². The minimum absolute atomic E-state index is 0.0648. The second-order valence-corrected chi connectivity index (χ2v) is 4.50. The molecule has 0 aromatic heterocycles. The highest BCUT2D eigenvalue weighted by molar-refractivity contribution is 9.10. The first-order valence-electron chi connectivity index (χ1n) is 5.99. The van der Waals surface area contributed by atoms with E-state index < -0.39 is 0 Å². The van der Waals surface area contributed by atoms with Crippen LogP contribution in [0.4, 0.5) is 0 Å². The molecule has 0 aliphatic heterocycles. The Kier molecular flexibility index (Phi) is 9.77. The van der Waals surface area contributed by atoms with Gasteiger partial charge in [-0.05, 0) is 28.9 Å². The minimum atomic E-state index is -0.0648. The van der Waals surface area contributed by atoms with E-state index in [1.54, 1.807) is 20.3 Å². The molecule has 1 aromatic rings. The molecule has 1 aromatic carbocycles. The van der Waals surface area contributed by atoms with Crippen LogP contribution in [0.2, 0.25) is 0 Å². The van der Waals surface area contributed by atoms with Crippen molar-refractivity contribution in [1.29, 1.82) is 0 Å². The van der Waals surface area contributed by atoms with E-state index in [2.05, 4.69) is 25.4 Å². The van der Waals surface area contributed by atoms with Crippen molar-refractivity contribution in [1.82, 2.24) is 0 Å². The Hall–Kier alpha value is -1.31. The molecular weight excluding hydrogens is 344 g/mol. The molecule has 120 valence electrons. The van der Waals surface area contributed by atoms with Crippen LogP contribution in [0.5, 0.6) is 17.2 Å². The second-order valence-electron chi connectivity index (χ2n) is 3.71. The van der Waals surface area contributed by atoms with Crippen LogP contribution < -0.4 is 14.2 Å². The highest BCUT2D eigenvalue weighted by Gasteiger charge is 2.18. The Morgan fingerprint density at radius 1 is 1.00 bits per heavy atom. The van der Waals surface area contributed by atoms with Crippen molar-refractivity contribution >= 4 is 22.2 Å². The number of methoxy groups -OCH3 is 5. The zero-order chi connectivity index (χ0) is 16.4. The zero-order valence-electron chi connectivity index (χ0n) is 13.1. The fourth-order valence-electron chi connectivity index (χ4n) is 1.32. The third-order valence-corrected chi connectivity index (χ3v) is 3.41. The summed E-state index contributed by atoms with van der Waals surface area (Å²) in [5, 5.41) is 0. The lowest BCUT2D eigenvalue weighted by Gasteiger charge is -2.14. The summed E-state index contributed by atoms with van der Waals surface area (Å²) in [6.45, 7) is 1.83. The van der Waals surface area contributed by atoms with Gasteiger partial charge in [-0.1, -0.05) is 0 Å². The van der Waals surface area contributed by atoms with Gasteiger partial charge in [0.2, 0.25) is 5.75 Å². The first-order valence-corrected chi connectivity index (χ1v) is 6.79. The van der Waals surface area contributed by atoms with Gasteiger partial charge in [0, 0.05) is 19.8 Å². The molecule has 0 saturated heterocycles. The predicted molar refractivity (Wildman–Crippen MR) is 82.7 cm³/mol. The molecule has 21 heavy (non-hydrogen) atoms. The van der Waals surface area contributed by atoms with Gasteiger partial charge in [-0.3, -0.25) is 4.79 Å². The number of hydrogen-bond donors (Lipinski definition) is 0. The van der Waals surface area contributed by atoms with E-state index in [-0.39, 0.29) is 6.29 Å². The number of carbonyl (C=O) groups is 1. The Balaban J connectivity index is 0.000000567. The molecule has 0 unspecified atom stereocenters. The number of ether oxygens (including phenoxy) is 5.